The lowest BCUT2D eigenvalue weighted by atomic mass is 10.00. The van der Waals surface area contributed by atoms with Gasteiger partial charge in [0.25, 0.3) is 0 Å². The van der Waals surface area contributed by atoms with Gasteiger partial charge in [-0.05, 0) is 19.3 Å². The van der Waals surface area contributed by atoms with E-state index in [0.29, 0.717) is 13.1 Å². The van der Waals surface area contributed by atoms with Crippen molar-refractivity contribution in [3.05, 3.63) is 0 Å². The van der Waals surface area contributed by atoms with Crippen molar-refractivity contribution in [2.45, 2.75) is 38.6 Å². The van der Waals surface area contributed by atoms with E-state index in [1.54, 1.807) is 0 Å². The van der Waals surface area contributed by atoms with Gasteiger partial charge in [-0.25, -0.2) is 0 Å². The van der Waals surface area contributed by atoms with Gasteiger partial charge in [-0.2, -0.15) is 0 Å². The molecule has 1 saturated heterocycles. The first kappa shape index (κ1) is 15.9. The van der Waals surface area contributed by atoms with Crippen molar-refractivity contribution in [1.82, 2.24) is 10.2 Å². The van der Waals surface area contributed by atoms with E-state index in [2.05, 4.69) is 12.2 Å². The number of carbonyl (C=O) groups excluding carboxylic acids is 2. The largest absolute Gasteiger partial charge is 0.369 e. The summed E-state index contributed by atoms with van der Waals surface area (Å²) < 4.78 is 0. The highest BCUT2D eigenvalue weighted by Gasteiger charge is 2.24. The van der Waals surface area contributed by atoms with E-state index in [1.807, 2.05) is 4.90 Å². The summed E-state index contributed by atoms with van der Waals surface area (Å²) in [6, 6.07) is 0.197. The van der Waals surface area contributed by atoms with Gasteiger partial charge in [-0.3, -0.25) is 14.5 Å². The summed E-state index contributed by atoms with van der Waals surface area (Å²) in [7, 11) is 0. The maximum Gasteiger partial charge on any atom is 0.231 e. The molecule has 0 radical (unpaired) electrons. The first-order chi connectivity index (χ1) is 9.06. The number of nitrogens with one attached hydrogen (secondary N) is 1. The molecule has 1 unspecified atom stereocenters. The normalized spacial score (nSPS) is 19.1. The highest BCUT2D eigenvalue weighted by molar-refractivity contribution is 5.79. The number of nitrogens with zero attached hydrogens (tertiary/aromatic N) is 1. The Morgan fingerprint density at radius 2 is 2.00 bits per heavy atom. The van der Waals surface area contributed by atoms with Crippen LogP contribution in [0.2, 0.25) is 0 Å². The van der Waals surface area contributed by atoms with E-state index in [4.69, 9.17) is 11.5 Å². The zero-order valence-corrected chi connectivity index (χ0v) is 11.7. The lowest BCUT2D eigenvalue weighted by Crippen LogP contribution is -2.48. The molecular weight excluding hydrogens is 244 g/mol. The van der Waals surface area contributed by atoms with Crippen LogP contribution < -0.4 is 16.8 Å². The minimum atomic E-state index is -0.298. The first-order valence-corrected chi connectivity index (χ1v) is 7.07. The quantitative estimate of drug-likeness (QED) is 0.576. The van der Waals surface area contributed by atoms with Crippen molar-refractivity contribution in [2.24, 2.45) is 17.4 Å². The van der Waals surface area contributed by atoms with Crippen LogP contribution in [0.25, 0.3) is 0 Å². The molecule has 1 aliphatic heterocycles. The molecule has 1 fully saturated rings. The van der Waals surface area contributed by atoms with Gasteiger partial charge in [-0.15, -0.1) is 0 Å². The van der Waals surface area contributed by atoms with Crippen LogP contribution in [0.5, 0.6) is 0 Å². The van der Waals surface area contributed by atoms with Crippen molar-refractivity contribution in [3.8, 4) is 0 Å². The number of hydrogen-bond acceptors (Lipinski definition) is 4. The third kappa shape index (κ3) is 5.57. The van der Waals surface area contributed by atoms with Gasteiger partial charge in [-0.1, -0.05) is 13.3 Å². The predicted octanol–water partition coefficient (Wildman–Crippen LogP) is -0.573. The van der Waals surface area contributed by atoms with Crippen LogP contribution in [0.15, 0.2) is 0 Å². The average Bonchev–Trinajstić information content (AvgIpc) is 2.37. The van der Waals surface area contributed by atoms with E-state index in [9.17, 15) is 9.59 Å². The summed E-state index contributed by atoms with van der Waals surface area (Å²) in [5.41, 5.74) is 10.8. The van der Waals surface area contributed by atoms with Crippen molar-refractivity contribution in [1.29, 1.82) is 0 Å². The molecule has 0 saturated carbocycles. The number of hydrogen-bond donors (Lipinski definition) is 3. The molecule has 0 spiro atoms. The van der Waals surface area contributed by atoms with Gasteiger partial charge in [0.1, 0.15) is 0 Å². The van der Waals surface area contributed by atoms with Crippen molar-refractivity contribution in [3.63, 3.8) is 0 Å². The van der Waals surface area contributed by atoms with Gasteiger partial charge >= 0.3 is 0 Å². The molecule has 1 atom stereocenters. The van der Waals surface area contributed by atoms with Gasteiger partial charge in [0.05, 0.1) is 12.5 Å². The SMILES string of the molecule is CCCC(CN)C(=O)NC1CCN(CC(N)=O)CC1. The maximum absolute atomic E-state index is 12.0. The lowest BCUT2D eigenvalue weighted by molar-refractivity contribution is -0.126. The van der Waals surface area contributed by atoms with E-state index < -0.39 is 0 Å². The second-order valence-corrected chi connectivity index (χ2v) is 5.25. The molecule has 6 nitrogen and oxygen atoms in total. The number of nitrogens with two attached hydrogens (primary N) is 2. The molecule has 6 heteroatoms. The van der Waals surface area contributed by atoms with E-state index in [-0.39, 0.29) is 23.8 Å². The summed E-state index contributed by atoms with van der Waals surface area (Å²) in [6.07, 6.45) is 3.53. The Labute approximate surface area is 114 Å². The topological polar surface area (TPSA) is 101 Å². The number of likely N-dealkylation sites (tertiary alicyclic amines) is 1. The number of carbonyl (C=O) groups is 2. The Bertz CT molecular complexity index is 301. The summed E-state index contributed by atoms with van der Waals surface area (Å²) in [4.78, 5) is 24.9. The minimum absolute atomic E-state index is 0.0673. The fourth-order valence-electron chi connectivity index (χ4n) is 2.48. The molecule has 0 bridgehead atoms. The number of piperidine rings is 1. The fraction of sp³-hybridized carbons (Fsp3) is 0.846. The van der Waals surface area contributed by atoms with Crippen LogP contribution in [-0.2, 0) is 9.59 Å². The van der Waals surface area contributed by atoms with Crippen LogP contribution in [0.3, 0.4) is 0 Å². The summed E-state index contributed by atoms with van der Waals surface area (Å²) >= 11 is 0. The molecule has 1 heterocycles. The molecule has 1 rings (SSSR count). The maximum atomic E-state index is 12.0. The van der Waals surface area contributed by atoms with Crippen LogP contribution in [0, 0.1) is 5.92 Å². The third-order valence-electron chi connectivity index (χ3n) is 3.61. The molecule has 5 N–H and O–H groups in total. The standard InChI is InChI=1S/C13H26N4O2/c1-2-3-10(8-14)13(19)16-11-4-6-17(7-5-11)9-12(15)18/h10-11H,2-9,14H2,1H3,(H2,15,18)(H,16,19). The summed E-state index contributed by atoms with van der Waals surface area (Å²) in [5.74, 6) is -0.306. The smallest absolute Gasteiger partial charge is 0.231 e. The Hall–Kier alpha value is -1.14. The second-order valence-electron chi connectivity index (χ2n) is 5.25. The Morgan fingerprint density at radius 3 is 2.47 bits per heavy atom. The van der Waals surface area contributed by atoms with Crippen LogP contribution in [-0.4, -0.2) is 48.9 Å². The van der Waals surface area contributed by atoms with E-state index in [0.717, 1.165) is 38.8 Å². The molecule has 0 aromatic rings. The second kappa shape index (κ2) is 8.12. The van der Waals surface area contributed by atoms with E-state index in [1.165, 1.54) is 0 Å². The fourth-order valence-corrected chi connectivity index (χ4v) is 2.48. The van der Waals surface area contributed by atoms with Gasteiger partial charge in [0.2, 0.25) is 11.8 Å². The summed E-state index contributed by atoms with van der Waals surface area (Å²) in [5, 5.41) is 3.07. The molecule has 1 aliphatic rings. The van der Waals surface area contributed by atoms with Gasteiger partial charge in [0.15, 0.2) is 0 Å². The monoisotopic (exact) mass is 270 g/mol. The highest BCUT2D eigenvalue weighted by Crippen LogP contribution is 2.12. The van der Waals surface area contributed by atoms with E-state index >= 15 is 0 Å². The molecule has 0 aromatic carbocycles. The zero-order chi connectivity index (χ0) is 14.3. The number of amides is 2. The minimum Gasteiger partial charge on any atom is -0.369 e. The molecule has 2 amide bonds. The first-order valence-electron chi connectivity index (χ1n) is 7.07. The number of primary amides is 1. The Morgan fingerprint density at radius 1 is 1.37 bits per heavy atom. The van der Waals surface area contributed by atoms with Crippen LogP contribution in [0.4, 0.5) is 0 Å². The Kier molecular flexibility index (Phi) is 6.80. The van der Waals surface area contributed by atoms with Crippen molar-refractivity contribution >= 4 is 11.8 Å². The molecule has 19 heavy (non-hydrogen) atoms. The average molecular weight is 270 g/mol. The molecule has 0 aromatic heterocycles. The van der Waals surface area contributed by atoms with Gasteiger partial charge in [0, 0.05) is 25.7 Å². The predicted molar refractivity (Wildman–Crippen MR) is 74.3 cm³/mol. The lowest BCUT2D eigenvalue weighted by Gasteiger charge is -2.32. The van der Waals surface area contributed by atoms with Crippen LogP contribution in [0.1, 0.15) is 32.6 Å². The number of rotatable bonds is 7. The summed E-state index contributed by atoms with van der Waals surface area (Å²) in [6.45, 7) is 4.37. The zero-order valence-electron chi connectivity index (χ0n) is 11.7. The Balaban J connectivity index is 2.31. The van der Waals surface area contributed by atoms with Crippen LogP contribution >= 0.6 is 0 Å². The molecule has 0 aliphatic carbocycles. The highest BCUT2D eigenvalue weighted by atomic mass is 16.2. The van der Waals surface area contributed by atoms with Gasteiger partial charge < -0.3 is 16.8 Å². The van der Waals surface area contributed by atoms with Crippen molar-refractivity contribution < 1.29 is 9.59 Å². The molecule has 110 valence electrons. The molecular formula is C13H26N4O2. The van der Waals surface area contributed by atoms with Crippen molar-refractivity contribution in [2.75, 3.05) is 26.2 Å². The third-order valence-corrected chi connectivity index (χ3v) is 3.61.